The van der Waals surface area contributed by atoms with E-state index in [0.29, 0.717) is 0 Å². The summed E-state index contributed by atoms with van der Waals surface area (Å²) in [7, 11) is 0. The lowest BCUT2D eigenvalue weighted by Gasteiger charge is -2.10. The summed E-state index contributed by atoms with van der Waals surface area (Å²) in [6.07, 6.45) is 0.456. The number of hydrogen-bond donors (Lipinski definition) is 1. The average molecular weight is 193 g/mol. The monoisotopic (exact) mass is 193 g/mol. The van der Waals surface area contributed by atoms with E-state index in [0.717, 1.165) is 0 Å². The molecule has 0 radical (unpaired) electrons. The van der Waals surface area contributed by atoms with Gasteiger partial charge in [-0.15, -0.1) is 0 Å². The molecule has 0 bridgehead atoms. The second-order valence-electron chi connectivity index (χ2n) is 2.16. The molecule has 0 heterocycles. The standard InChI is InChI=1S/C6H10O5S/c1-4(6(7)8)3-5(2)11-12(9)10/h3,5H,1-2H3,(H,7,8)(H,9,10)/p-1. The van der Waals surface area contributed by atoms with Crippen LogP contribution in [0.2, 0.25) is 0 Å². The molecule has 0 aliphatic rings. The maximum Gasteiger partial charge on any atom is 0.331 e. The van der Waals surface area contributed by atoms with Gasteiger partial charge in [0.15, 0.2) is 0 Å². The van der Waals surface area contributed by atoms with Crippen LogP contribution in [0.1, 0.15) is 13.8 Å². The van der Waals surface area contributed by atoms with Crippen LogP contribution in [0.5, 0.6) is 0 Å². The summed E-state index contributed by atoms with van der Waals surface area (Å²) >= 11 is -2.61. The molecular formula is C6H9O5S-. The van der Waals surface area contributed by atoms with Gasteiger partial charge < -0.3 is 9.66 Å². The zero-order valence-electron chi connectivity index (χ0n) is 6.64. The molecule has 0 aromatic rings. The molecule has 1 N–H and O–H groups in total. The average Bonchev–Trinajstić information content (AvgIpc) is 1.84. The van der Waals surface area contributed by atoms with Crippen molar-refractivity contribution in [1.82, 2.24) is 0 Å². The lowest BCUT2D eigenvalue weighted by Crippen LogP contribution is -2.09. The Kier molecular flexibility index (Phi) is 4.72. The molecule has 0 aromatic heterocycles. The first-order valence-electron chi connectivity index (χ1n) is 3.11. The Balaban J connectivity index is 4.14. The first kappa shape index (κ1) is 11.3. The lowest BCUT2D eigenvalue weighted by molar-refractivity contribution is -0.132. The van der Waals surface area contributed by atoms with Gasteiger partial charge in [-0.05, 0) is 19.9 Å². The van der Waals surface area contributed by atoms with Crippen molar-refractivity contribution in [2.75, 3.05) is 0 Å². The van der Waals surface area contributed by atoms with E-state index in [1.807, 2.05) is 0 Å². The largest absolute Gasteiger partial charge is 0.750 e. The maximum atomic E-state index is 10.2. The summed E-state index contributed by atoms with van der Waals surface area (Å²) in [4.78, 5) is 10.2. The van der Waals surface area contributed by atoms with Gasteiger partial charge in [0, 0.05) is 5.57 Å². The summed E-state index contributed by atoms with van der Waals surface area (Å²) in [6.45, 7) is 2.79. The summed E-state index contributed by atoms with van der Waals surface area (Å²) in [6, 6.07) is 0. The van der Waals surface area contributed by atoms with E-state index in [4.69, 9.17) is 5.11 Å². The van der Waals surface area contributed by atoms with Crippen LogP contribution in [-0.4, -0.2) is 25.9 Å². The van der Waals surface area contributed by atoms with Gasteiger partial charge in [0.1, 0.15) is 0 Å². The van der Waals surface area contributed by atoms with Gasteiger partial charge in [-0.2, -0.15) is 0 Å². The number of carbonyl (C=O) groups is 1. The second-order valence-corrected chi connectivity index (χ2v) is 2.76. The van der Waals surface area contributed by atoms with Crippen LogP contribution in [0.15, 0.2) is 11.6 Å². The van der Waals surface area contributed by atoms with Crippen molar-refractivity contribution in [2.24, 2.45) is 0 Å². The highest BCUT2D eigenvalue weighted by molar-refractivity contribution is 7.74. The quantitative estimate of drug-likeness (QED) is 0.509. The summed E-state index contributed by atoms with van der Waals surface area (Å²) < 4.78 is 24.2. The molecule has 0 saturated carbocycles. The molecule has 2 unspecified atom stereocenters. The first-order chi connectivity index (χ1) is 5.43. The van der Waals surface area contributed by atoms with E-state index >= 15 is 0 Å². The fourth-order valence-electron chi connectivity index (χ4n) is 0.575. The molecule has 0 aliphatic carbocycles. The number of rotatable bonds is 4. The minimum absolute atomic E-state index is 0.0490. The smallest absolute Gasteiger partial charge is 0.331 e. The number of aliphatic carboxylic acids is 1. The Labute approximate surface area is 72.5 Å². The molecule has 0 aromatic carbocycles. The van der Waals surface area contributed by atoms with Crippen molar-refractivity contribution in [2.45, 2.75) is 20.0 Å². The van der Waals surface area contributed by atoms with Crippen LogP contribution in [0.3, 0.4) is 0 Å². The van der Waals surface area contributed by atoms with Crippen LogP contribution in [-0.2, 0) is 20.3 Å². The van der Waals surface area contributed by atoms with Crippen LogP contribution < -0.4 is 0 Å². The van der Waals surface area contributed by atoms with Crippen LogP contribution in [0.4, 0.5) is 0 Å². The van der Waals surface area contributed by atoms with Crippen molar-refractivity contribution >= 4 is 17.3 Å². The van der Waals surface area contributed by atoms with Gasteiger partial charge in [0.25, 0.3) is 0 Å². The molecule has 12 heavy (non-hydrogen) atoms. The molecule has 2 atom stereocenters. The molecule has 0 spiro atoms. The number of carboxylic acids is 1. The Bertz CT molecular complexity index is 222. The van der Waals surface area contributed by atoms with Crippen molar-refractivity contribution in [3.63, 3.8) is 0 Å². The summed E-state index contributed by atoms with van der Waals surface area (Å²) in [5.74, 6) is -1.10. The Morgan fingerprint density at radius 3 is 2.58 bits per heavy atom. The third-order valence-electron chi connectivity index (χ3n) is 1.05. The Morgan fingerprint density at radius 2 is 2.25 bits per heavy atom. The zero-order chi connectivity index (χ0) is 9.72. The molecule has 0 fully saturated rings. The molecule has 5 nitrogen and oxygen atoms in total. The third-order valence-corrected chi connectivity index (χ3v) is 1.51. The van der Waals surface area contributed by atoms with Gasteiger partial charge in [0.2, 0.25) is 0 Å². The first-order valence-corrected chi connectivity index (χ1v) is 4.11. The van der Waals surface area contributed by atoms with Crippen molar-refractivity contribution in [1.29, 1.82) is 0 Å². The van der Waals surface area contributed by atoms with E-state index in [2.05, 4.69) is 4.18 Å². The molecule has 0 aliphatic heterocycles. The molecular weight excluding hydrogens is 184 g/mol. The fourth-order valence-corrected chi connectivity index (χ4v) is 0.878. The second kappa shape index (κ2) is 5.02. The van der Waals surface area contributed by atoms with Crippen LogP contribution in [0, 0.1) is 0 Å². The van der Waals surface area contributed by atoms with Gasteiger partial charge in [0.05, 0.1) is 17.5 Å². The SMILES string of the molecule is CC(=CC(C)OS(=O)[O-])C(=O)O. The van der Waals surface area contributed by atoms with E-state index in [-0.39, 0.29) is 5.57 Å². The van der Waals surface area contributed by atoms with Gasteiger partial charge in [-0.3, -0.25) is 4.18 Å². The highest BCUT2D eigenvalue weighted by Gasteiger charge is 2.03. The van der Waals surface area contributed by atoms with Crippen molar-refractivity contribution in [3.8, 4) is 0 Å². The van der Waals surface area contributed by atoms with Crippen molar-refractivity contribution < 1.29 is 22.8 Å². The number of carboxylic acid groups (broad SMARTS) is 1. The van der Waals surface area contributed by atoms with Crippen LogP contribution in [0.25, 0.3) is 0 Å². The van der Waals surface area contributed by atoms with Crippen LogP contribution >= 0.6 is 0 Å². The Morgan fingerprint density at radius 1 is 1.75 bits per heavy atom. The van der Waals surface area contributed by atoms with Gasteiger partial charge in [-0.1, -0.05) is 0 Å². The Hall–Kier alpha value is -0.720. The highest BCUT2D eigenvalue weighted by atomic mass is 32.2. The molecule has 70 valence electrons. The van der Waals surface area contributed by atoms with E-state index < -0.39 is 23.4 Å². The molecule has 6 heteroatoms. The minimum Gasteiger partial charge on any atom is -0.750 e. The molecule has 0 amide bonds. The molecule has 0 saturated heterocycles. The van der Waals surface area contributed by atoms with Gasteiger partial charge >= 0.3 is 5.97 Å². The minimum atomic E-state index is -2.61. The fraction of sp³-hybridized carbons (Fsp3) is 0.500. The normalized spacial score (nSPS) is 17.1. The summed E-state index contributed by atoms with van der Waals surface area (Å²) in [5.41, 5.74) is 0.0490. The predicted molar refractivity (Wildman–Crippen MR) is 40.9 cm³/mol. The maximum absolute atomic E-state index is 10.2. The number of hydrogen-bond acceptors (Lipinski definition) is 4. The molecule has 0 rings (SSSR count). The zero-order valence-corrected chi connectivity index (χ0v) is 7.46. The predicted octanol–water partition coefficient (Wildman–Crippen LogP) is 0.216. The van der Waals surface area contributed by atoms with E-state index in [1.54, 1.807) is 0 Å². The van der Waals surface area contributed by atoms with E-state index in [1.165, 1.54) is 19.9 Å². The summed E-state index contributed by atoms with van der Waals surface area (Å²) in [5, 5.41) is 8.39. The van der Waals surface area contributed by atoms with Gasteiger partial charge in [-0.25, -0.2) is 9.00 Å². The van der Waals surface area contributed by atoms with E-state index in [9.17, 15) is 13.6 Å². The highest BCUT2D eigenvalue weighted by Crippen LogP contribution is 2.00. The topological polar surface area (TPSA) is 86.7 Å². The third kappa shape index (κ3) is 5.00. The van der Waals surface area contributed by atoms with Crippen molar-refractivity contribution in [3.05, 3.63) is 11.6 Å². The lowest BCUT2D eigenvalue weighted by atomic mass is 10.2.